The van der Waals surface area contributed by atoms with E-state index in [1.165, 1.54) is 25.9 Å². The fourth-order valence-corrected chi connectivity index (χ4v) is 2.60. The van der Waals surface area contributed by atoms with E-state index in [1.807, 2.05) is 0 Å². The number of hydrogen-bond acceptors (Lipinski definition) is 4. The maximum absolute atomic E-state index is 5.27. The Bertz CT molecular complexity index is 193. The van der Waals surface area contributed by atoms with Crippen LogP contribution in [0.15, 0.2) is 0 Å². The van der Waals surface area contributed by atoms with Gasteiger partial charge in [-0.2, -0.15) is 0 Å². The molecule has 102 valence electrons. The van der Waals surface area contributed by atoms with Crippen molar-refractivity contribution < 1.29 is 4.74 Å². The minimum absolute atomic E-state index is 0.464. The number of likely N-dealkylation sites (N-methyl/N-ethyl adjacent to an activating group) is 2. The summed E-state index contributed by atoms with van der Waals surface area (Å²) in [6, 6.07) is 1.18. The summed E-state index contributed by atoms with van der Waals surface area (Å²) >= 11 is 0. The highest BCUT2D eigenvalue weighted by Crippen LogP contribution is 2.13. The van der Waals surface area contributed by atoms with E-state index < -0.39 is 0 Å². The Hall–Kier alpha value is -0.160. The average Bonchev–Trinajstić information content (AvgIpc) is 2.30. The number of hydrogen-bond donors (Lipinski definition) is 1. The average molecular weight is 243 g/mol. The van der Waals surface area contributed by atoms with E-state index in [4.69, 9.17) is 4.74 Å². The molecule has 4 nitrogen and oxygen atoms in total. The monoisotopic (exact) mass is 243 g/mol. The standard InChI is InChI=1S/C13H29N3O/c1-5-14-12(11-17-4)9-16-8-6-7-13(10-16)15(2)3/h12-14H,5-11H2,1-4H3. The first-order chi connectivity index (χ1) is 8.17. The van der Waals surface area contributed by atoms with E-state index in [1.54, 1.807) is 7.11 Å². The molecule has 1 rings (SSSR count). The smallest absolute Gasteiger partial charge is 0.0628 e. The van der Waals surface area contributed by atoms with Gasteiger partial charge in [0.2, 0.25) is 0 Å². The molecule has 1 N–H and O–H groups in total. The van der Waals surface area contributed by atoms with Crippen molar-refractivity contribution in [2.75, 3.05) is 54.0 Å². The van der Waals surface area contributed by atoms with Gasteiger partial charge >= 0.3 is 0 Å². The first-order valence-electron chi connectivity index (χ1n) is 6.78. The van der Waals surface area contributed by atoms with Crippen molar-refractivity contribution in [3.63, 3.8) is 0 Å². The van der Waals surface area contributed by atoms with Crippen molar-refractivity contribution >= 4 is 0 Å². The minimum Gasteiger partial charge on any atom is -0.383 e. The second-order valence-electron chi connectivity index (χ2n) is 5.23. The van der Waals surface area contributed by atoms with Crippen LogP contribution >= 0.6 is 0 Å². The highest BCUT2D eigenvalue weighted by atomic mass is 16.5. The number of methoxy groups -OCH3 is 1. The summed E-state index contributed by atoms with van der Waals surface area (Å²) < 4.78 is 5.27. The van der Waals surface area contributed by atoms with Crippen LogP contribution in [0.25, 0.3) is 0 Å². The Balaban J connectivity index is 2.37. The van der Waals surface area contributed by atoms with Crippen molar-refractivity contribution in [1.82, 2.24) is 15.1 Å². The second-order valence-corrected chi connectivity index (χ2v) is 5.23. The minimum atomic E-state index is 0.464. The van der Waals surface area contributed by atoms with Gasteiger partial charge in [0.05, 0.1) is 6.61 Å². The van der Waals surface area contributed by atoms with Gasteiger partial charge in [-0.05, 0) is 40.0 Å². The zero-order valence-corrected chi connectivity index (χ0v) is 11.9. The largest absolute Gasteiger partial charge is 0.383 e. The van der Waals surface area contributed by atoms with Gasteiger partial charge in [-0.3, -0.25) is 0 Å². The number of rotatable bonds is 7. The molecule has 0 aromatic heterocycles. The molecule has 1 saturated heterocycles. The summed E-state index contributed by atoms with van der Waals surface area (Å²) in [6.07, 6.45) is 2.65. The number of ether oxygens (including phenoxy) is 1. The van der Waals surface area contributed by atoms with Crippen LogP contribution in [0.4, 0.5) is 0 Å². The van der Waals surface area contributed by atoms with Crippen LogP contribution in [-0.4, -0.2) is 75.9 Å². The Morgan fingerprint density at radius 2 is 2.24 bits per heavy atom. The first kappa shape index (κ1) is 14.9. The molecule has 17 heavy (non-hydrogen) atoms. The molecule has 0 bridgehead atoms. The molecule has 0 spiro atoms. The third-order valence-electron chi connectivity index (χ3n) is 3.55. The van der Waals surface area contributed by atoms with Gasteiger partial charge in [0, 0.05) is 32.3 Å². The fraction of sp³-hybridized carbons (Fsp3) is 1.00. The van der Waals surface area contributed by atoms with Crippen LogP contribution in [0.1, 0.15) is 19.8 Å². The molecule has 4 heteroatoms. The zero-order chi connectivity index (χ0) is 12.7. The third kappa shape index (κ3) is 5.34. The Morgan fingerprint density at radius 1 is 1.47 bits per heavy atom. The Morgan fingerprint density at radius 3 is 2.82 bits per heavy atom. The summed E-state index contributed by atoms with van der Waals surface area (Å²) in [4.78, 5) is 4.92. The fourth-order valence-electron chi connectivity index (χ4n) is 2.60. The van der Waals surface area contributed by atoms with Crippen molar-refractivity contribution in [3.8, 4) is 0 Å². The Kier molecular flexibility index (Phi) is 7.04. The lowest BCUT2D eigenvalue weighted by atomic mass is 10.0. The van der Waals surface area contributed by atoms with Crippen LogP contribution in [0, 0.1) is 0 Å². The van der Waals surface area contributed by atoms with E-state index >= 15 is 0 Å². The van der Waals surface area contributed by atoms with Crippen LogP contribution in [0.3, 0.4) is 0 Å². The maximum Gasteiger partial charge on any atom is 0.0628 e. The second kappa shape index (κ2) is 8.03. The van der Waals surface area contributed by atoms with Gasteiger partial charge in [0.25, 0.3) is 0 Å². The summed E-state index contributed by atoms with van der Waals surface area (Å²) in [5.74, 6) is 0. The lowest BCUT2D eigenvalue weighted by Crippen LogP contribution is -2.50. The molecule has 0 radical (unpaired) electrons. The van der Waals surface area contributed by atoms with Gasteiger partial charge in [-0.25, -0.2) is 0 Å². The van der Waals surface area contributed by atoms with Crippen molar-refractivity contribution in [3.05, 3.63) is 0 Å². The lowest BCUT2D eigenvalue weighted by Gasteiger charge is -2.37. The van der Waals surface area contributed by atoms with Crippen molar-refractivity contribution in [2.45, 2.75) is 31.8 Å². The predicted molar refractivity (Wildman–Crippen MR) is 72.5 cm³/mol. The van der Waals surface area contributed by atoms with Gasteiger partial charge in [-0.15, -0.1) is 0 Å². The number of piperidine rings is 1. The molecule has 1 aliphatic heterocycles. The topological polar surface area (TPSA) is 27.7 Å². The molecular formula is C13H29N3O. The van der Waals surface area contributed by atoms with Gasteiger partial charge in [0.1, 0.15) is 0 Å². The van der Waals surface area contributed by atoms with Crippen LogP contribution in [-0.2, 0) is 4.74 Å². The first-order valence-corrected chi connectivity index (χ1v) is 6.78. The van der Waals surface area contributed by atoms with Gasteiger partial charge in [0.15, 0.2) is 0 Å². The van der Waals surface area contributed by atoms with Crippen LogP contribution in [0.2, 0.25) is 0 Å². The van der Waals surface area contributed by atoms with Crippen molar-refractivity contribution in [2.24, 2.45) is 0 Å². The van der Waals surface area contributed by atoms with Crippen LogP contribution in [0.5, 0.6) is 0 Å². The molecule has 0 aromatic carbocycles. The summed E-state index contributed by atoms with van der Waals surface area (Å²) in [6.45, 7) is 7.50. The summed E-state index contributed by atoms with van der Waals surface area (Å²) in [5.41, 5.74) is 0. The van der Waals surface area contributed by atoms with Crippen molar-refractivity contribution in [1.29, 1.82) is 0 Å². The molecule has 2 atom stereocenters. The van der Waals surface area contributed by atoms with Crippen LogP contribution < -0.4 is 5.32 Å². The zero-order valence-electron chi connectivity index (χ0n) is 11.9. The number of nitrogens with one attached hydrogen (secondary N) is 1. The third-order valence-corrected chi connectivity index (χ3v) is 3.55. The molecule has 0 aromatic rings. The highest BCUT2D eigenvalue weighted by Gasteiger charge is 2.23. The van der Waals surface area contributed by atoms with E-state index in [-0.39, 0.29) is 0 Å². The summed E-state index contributed by atoms with van der Waals surface area (Å²) in [7, 11) is 6.15. The molecule has 0 saturated carbocycles. The SMILES string of the molecule is CCNC(COC)CN1CCCC(N(C)C)C1. The maximum atomic E-state index is 5.27. The highest BCUT2D eigenvalue weighted by molar-refractivity contribution is 4.81. The van der Waals surface area contributed by atoms with Gasteiger partial charge < -0.3 is 19.9 Å². The molecule has 1 aliphatic rings. The normalized spacial score (nSPS) is 24.2. The lowest BCUT2D eigenvalue weighted by molar-refractivity contribution is 0.0984. The van der Waals surface area contributed by atoms with E-state index in [0.29, 0.717) is 12.1 Å². The van der Waals surface area contributed by atoms with E-state index in [0.717, 1.165) is 19.7 Å². The molecule has 1 fully saturated rings. The molecular weight excluding hydrogens is 214 g/mol. The number of likely N-dealkylation sites (tertiary alicyclic amines) is 1. The number of nitrogens with zero attached hydrogens (tertiary/aromatic N) is 2. The summed E-state index contributed by atoms with van der Waals surface area (Å²) in [5, 5.41) is 3.49. The molecule has 0 aliphatic carbocycles. The Labute approximate surface area is 106 Å². The van der Waals surface area contributed by atoms with E-state index in [9.17, 15) is 0 Å². The molecule has 2 unspecified atom stereocenters. The van der Waals surface area contributed by atoms with E-state index in [2.05, 4.69) is 36.1 Å². The van der Waals surface area contributed by atoms with Gasteiger partial charge in [-0.1, -0.05) is 6.92 Å². The molecule has 1 heterocycles. The molecule has 0 amide bonds. The predicted octanol–water partition coefficient (Wildman–Crippen LogP) is 0.637. The quantitative estimate of drug-likeness (QED) is 0.710.